The molecule has 0 N–H and O–H groups in total. The van der Waals surface area contributed by atoms with Gasteiger partial charge in [-0.05, 0) is 37.5 Å². The molecule has 7 nitrogen and oxygen atoms in total. The molecule has 1 aromatic carbocycles. The third-order valence-electron chi connectivity index (χ3n) is 5.72. The summed E-state index contributed by atoms with van der Waals surface area (Å²) in [5.41, 5.74) is 0.627. The first-order chi connectivity index (χ1) is 13.7. The zero-order valence-electron chi connectivity index (χ0n) is 16.4. The molecule has 0 saturated carbocycles. The molecule has 4 rings (SSSR count). The van der Waals surface area contributed by atoms with Gasteiger partial charge < -0.3 is 19.3 Å². The number of piperazine rings is 1. The molecule has 0 aliphatic carbocycles. The molecule has 2 saturated heterocycles. The van der Waals surface area contributed by atoms with Crippen molar-refractivity contribution in [3.05, 3.63) is 23.8 Å². The van der Waals surface area contributed by atoms with Crippen molar-refractivity contribution < 1.29 is 19.1 Å². The Hall–Kier alpha value is -2.28. The molecule has 0 unspecified atom stereocenters. The minimum Gasteiger partial charge on any atom is -0.490 e. The second-order valence-electron chi connectivity index (χ2n) is 7.72. The van der Waals surface area contributed by atoms with E-state index < -0.39 is 0 Å². The van der Waals surface area contributed by atoms with Gasteiger partial charge in [-0.25, -0.2) is 0 Å². The van der Waals surface area contributed by atoms with E-state index in [-0.39, 0.29) is 11.8 Å². The quantitative estimate of drug-likeness (QED) is 0.789. The fraction of sp³-hybridized carbons (Fsp3) is 0.619. The molecule has 0 aromatic heterocycles. The first-order valence-corrected chi connectivity index (χ1v) is 10.4. The minimum atomic E-state index is 0.0117. The number of fused-ring (bicyclic) bond motifs is 1. The Balaban J connectivity index is 1.30. The molecule has 2 amide bonds. The lowest BCUT2D eigenvalue weighted by molar-refractivity contribution is -0.133. The number of amides is 2. The van der Waals surface area contributed by atoms with E-state index in [0.29, 0.717) is 49.9 Å². The third kappa shape index (κ3) is 4.41. The van der Waals surface area contributed by atoms with Gasteiger partial charge in [0.2, 0.25) is 5.91 Å². The number of likely N-dealkylation sites (tertiary alicyclic amines) is 1. The molecule has 0 spiro atoms. The first kappa shape index (κ1) is 19.1. The molecule has 7 heteroatoms. The Kier molecular flexibility index (Phi) is 6.00. The van der Waals surface area contributed by atoms with E-state index in [4.69, 9.17) is 9.47 Å². The summed E-state index contributed by atoms with van der Waals surface area (Å²) in [4.78, 5) is 31.3. The molecule has 3 aliphatic rings. The monoisotopic (exact) mass is 387 g/mol. The number of hydrogen-bond acceptors (Lipinski definition) is 5. The van der Waals surface area contributed by atoms with Crippen LogP contribution >= 0.6 is 0 Å². The van der Waals surface area contributed by atoms with E-state index in [1.807, 2.05) is 21.9 Å². The Bertz CT molecular complexity index is 710. The highest BCUT2D eigenvalue weighted by atomic mass is 16.5. The van der Waals surface area contributed by atoms with Crippen LogP contribution in [0.4, 0.5) is 0 Å². The fourth-order valence-electron chi connectivity index (χ4n) is 4.02. The summed E-state index contributed by atoms with van der Waals surface area (Å²) in [5.74, 6) is 1.59. The fourth-order valence-corrected chi connectivity index (χ4v) is 4.02. The van der Waals surface area contributed by atoms with Crippen molar-refractivity contribution in [1.82, 2.24) is 14.7 Å². The molecule has 3 aliphatic heterocycles. The van der Waals surface area contributed by atoms with Gasteiger partial charge in [-0.15, -0.1) is 0 Å². The van der Waals surface area contributed by atoms with Gasteiger partial charge in [0.05, 0.1) is 19.8 Å². The van der Waals surface area contributed by atoms with E-state index in [2.05, 4.69) is 4.90 Å². The topological polar surface area (TPSA) is 62.3 Å². The van der Waals surface area contributed by atoms with Crippen molar-refractivity contribution in [3.8, 4) is 11.5 Å². The second-order valence-corrected chi connectivity index (χ2v) is 7.72. The predicted molar refractivity (Wildman–Crippen MR) is 105 cm³/mol. The summed E-state index contributed by atoms with van der Waals surface area (Å²) >= 11 is 0. The minimum absolute atomic E-state index is 0.0117. The zero-order chi connectivity index (χ0) is 19.3. The van der Waals surface area contributed by atoms with Crippen LogP contribution < -0.4 is 9.47 Å². The maximum Gasteiger partial charge on any atom is 0.254 e. The summed E-state index contributed by atoms with van der Waals surface area (Å²) in [7, 11) is 0. The molecule has 3 heterocycles. The predicted octanol–water partition coefficient (Wildman–Crippen LogP) is 1.62. The van der Waals surface area contributed by atoms with Crippen molar-refractivity contribution in [3.63, 3.8) is 0 Å². The van der Waals surface area contributed by atoms with Crippen LogP contribution in [0.2, 0.25) is 0 Å². The van der Waals surface area contributed by atoms with Crippen LogP contribution in [0.15, 0.2) is 18.2 Å². The van der Waals surface area contributed by atoms with E-state index in [1.54, 1.807) is 6.07 Å². The molecular formula is C21H29N3O4. The number of hydrogen-bond donors (Lipinski definition) is 0. The summed E-state index contributed by atoms with van der Waals surface area (Å²) in [6.07, 6.45) is 4.30. The van der Waals surface area contributed by atoms with Crippen molar-refractivity contribution in [2.75, 3.05) is 59.0 Å². The molecule has 152 valence electrons. The van der Waals surface area contributed by atoms with Crippen molar-refractivity contribution in [2.24, 2.45) is 0 Å². The smallest absolute Gasteiger partial charge is 0.254 e. The highest BCUT2D eigenvalue weighted by Crippen LogP contribution is 2.30. The largest absolute Gasteiger partial charge is 0.490 e. The maximum absolute atomic E-state index is 12.9. The molecule has 1 aromatic rings. The highest BCUT2D eigenvalue weighted by Gasteiger charge is 2.26. The first-order valence-electron chi connectivity index (χ1n) is 10.4. The van der Waals surface area contributed by atoms with E-state index >= 15 is 0 Å². The average molecular weight is 387 g/mol. The SMILES string of the molecule is O=C(CN1CCN(C(=O)c2ccc3c(c2)OCCCO3)CC1)N1CCCCC1. The van der Waals surface area contributed by atoms with Gasteiger partial charge >= 0.3 is 0 Å². The molecule has 0 bridgehead atoms. The number of rotatable bonds is 3. The van der Waals surface area contributed by atoms with Crippen LogP contribution in [-0.4, -0.2) is 85.5 Å². The Morgan fingerprint density at radius 3 is 2.25 bits per heavy atom. The van der Waals surface area contributed by atoms with Crippen LogP contribution in [0.25, 0.3) is 0 Å². The van der Waals surface area contributed by atoms with Crippen LogP contribution in [0.1, 0.15) is 36.0 Å². The number of nitrogens with zero attached hydrogens (tertiary/aromatic N) is 3. The van der Waals surface area contributed by atoms with Gasteiger partial charge in [0.25, 0.3) is 5.91 Å². The maximum atomic E-state index is 12.9. The second kappa shape index (κ2) is 8.82. The van der Waals surface area contributed by atoms with Crippen molar-refractivity contribution in [1.29, 1.82) is 0 Å². The molecule has 0 radical (unpaired) electrons. The zero-order valence-corrected chi connectivity index (χ0v) is 16.4. The van der Waals surface area contributed by atoms with Crippen LogP contribution in [0.5, 0.6) is 11.5 Å². The molecule has 28 heavy (non-hydrogen) atoms. The van der Waals surface area contributed by atoms with Gasteiger partial charge in [-0.1, -0.05) is 0 Å². The molecule has 0 atom stereocenters. The summed E-state index contributed by atoms with van der Waals surface area (Å²) in [6, 6.07) is 5.42. The van der Waals surface area contributed by atoms with Crippen LogP contribution in [0.3, 0.4) is 0 Å². The number of carbonyl (C=O) groups is 2. The van der Waals surface area contributed by atoms with Crippen molar-refractivity contribution in [2.45, 2.75) is 25.7 Å². The van der Waals surface area contributed by atoms with Gasteiger partial charge in [0, 0.05) is 51.3 Å². The summed E-state index contributed by atoms with van der Waals surface area (Å²) < 4.78 is 11.3. The highest BCUT2D eigenvalue weighted by molar-refractivity contribution is 5.95. The van der Waals surface area contributed by atoms with Crippen LogP contribution in [-0.2, 0) is 4.79 Å². The lowest BCUT2D eigenvalue weighted by atomic mass is 10.1. The lowest BCUT2D eigenvalue weighted by Crippen LogP contribution is -2.52. The normalized spacial score (nSPS) is 20.6. The van der Waals surface area contributed by atoms with Crippen molar-refractivity contribution >= 4 is 11.8 Å². The number of piperidine rings is 1. The van der Waals surface area contributed by atoms with E-state index in [9.17, 15) is 9.59 Å². The number of ether oxygens (including phenoxy) is 2. The Labute approximate surface area is 166 Å². The molecular weight excluding hydrogens is 358 g/mol. The van der Waals surface area contributed by atoms with E-state index in [0.717, 1.165) is 45.4 Å². The summed E-state index contributed by atoms with van der Waals surface area (Å²) in [6.45, 7) is 6.23. The van der Waals surface area contributed by atoms with Gasteiger partial charge in [-0.2, -0.15) is 0 Å². The standard InChI is InChI=1S/C21H29N3O4/c25-20(23-7-2-1-3-8-23)16-22-9-11-24(12-10-22)21(26)17-5-6-18-19(15-17)28-14-4-13-27-18/h5-6,15H,1-4,7-14,16H2. The average Bonchev–Trinajstić information content (AvgIpc) is 2.99. The Morgan fingerprint density at radius 2 is 1.50 bits per heavy atom. The van der Waals surface area contributed by atoms with Gasteiger partial charge in [-0.3, -0.25) is 14.5 Å². The lowest BCUT2D eigenvalue weighted by Gasteiger charge is -2.36. The number of carbonyl (C=O) groups excluding carboxylic acids is 2. The third-order valence-corrected chi connectivity index (χ3v) is 5.72. The number of benzene rings is 1. The van der Waals surface area contributed by atoms with Gasteiger partial charge in [0.15, 0.2) is 11.5 Å². The van der Waals surface area contributed by atoms with E-state index in [1.165, 1.54) is 6.42 Å². The van der Waals surface area contributed by atoms with Crippen LogP contribution in [0, 0.1) is 0 Å². The summed E-state index contributed by atoms with van der Waals surface area (Å²) in [5, 5.41) is 0. The Morgan fingerprint density at radius 1 is 0.786 bits per heavy atom. The molecule has 2 fully saturated rings. The van der Waals surface area contributed by atoms with Gasteiger partial charge in [0.1, 0.15) is 0 Å².